The Morgan fingerprint density at radius 2 is 1.88 bits per heavy atom. The van der Waals surface area contributed by atoms with Gasteiger partial charge in [-0.1, -0.05) is 27.7 Å². The van der Waals surface area contributed by atoms with Crippen LogP contribution in [-0.2, 0) is 9.53 Å². The second-order valence-corrected chi connectivity index (χ2v) is 5.67. The molecular formula is C12H11BrO2S. The highest BCUT2D eigenvalue weighted by molar-refractivity contribution is 9.10. The summed E-state index contributed by atoms with van der Waals surface area (Å²) >= 11 is 4.94. The molecule has 1 aliphatic rings. The summed E-state index contributed by atoms with van der Waals surface area (Å²) in [5, 5.41) is 0. The fourth-order valence-corrected chi connectivity index (χ4v) is 2.65. The Labute approximate surface area is 107 Å². The summed E-state index contributed by atoms with van der Waals surface area (Å²) in [6.07, 6.45) is 0. The average Bonchev–Trinajstić information content (AvgIpc) is 2.50. The van der Waals surface area contributed by atoms with Gasteiger partial charge in [0.1, 0.15) is 0 Å². The number of cyclic esters (lactones) is 1. The largest absolute Gasteiger partial charge is 0.443 e. The fraction of sp³-hybridized carbons (Fsp3) is 0.250. The molecule has 0 amide bonds. The maximum Gasteiger partial charge on any atom is 0.335 e. The first kappa shape index (κ1) is 11.7. The predicted octanol–water partition coefficient (Wildman–Crippen LogP) is 3.76. The van der Waals surface area contributed by atoms with E-state index in [1.165, 1.54) is 0 Å². The van der Waals surface area contributed by atoms with Crippen molar-refractivity contribution < 1.29 is 9.53 Å². The van der Waals surface area contributed by atoms with Crippen molar-refractivity contribution in [2.75, 3.05) is 0 Å². The molecule has 0 aliphatic carbocycles. The van der Waals surface area contributed by atoms with Crippen molar-refractivity contribution >= 4 is 33.7 Å². The Balaban J connectivity index is 2.12. The van der Waals surface area contributed by atoms with E-state index in [0.29, 0.717) is 0 Å². The number of hydrogen-bond acceptors (Lipinski definition) is 3. The normalized spacial score (nSPS) is 20.2. The number of halogens is 1. The van der Waals surface area contributed by atoms with Crippen LogP contribution in [-0.4, -0.2) is 11.4 Å². The fourth-order valence-electron chi connectivity index (χ4n) is 1.36. The maximum atomic E-state index is 11.3. The molecule has 0 N–H and O–H groups in total. The Kier molecular flexibility index (Phi) is 3.40. The number of ether oxygens (including phenoxy) is 1. The maximum absolute atomic E-state index is 11.3. The average molecular weight is 299 g/mol. The molecule has 16 heavy (non-hydrogen) atoms. The van der Waals surface area contributed by atoms with Crippen molar-refractivity contribution in [3.63, 3.8) is 0 Å². The SMILES string of the molecule is CC1=C(C)C(Sc2ccc(Br)cc2)OC1=O. The molecule has 1 atom stereocenters. The second kappa shape index (κ2) is 4.63. The van der Waals surface area contributed by atoms with Crippen LogP contribution in [0.25, 0.3) is 0 Å². The standard InChI is InChI=1S/C12H11BrO2S/c1-7-8(2)12(15-11(7)14)16-10-5-3-9(13)4-6-10/h3-6,12H,1-2H3. The summed E-state index contributed by atoms with van der Waals surface area (Å²) in [5.41, 5.74) is 1.57. The van der Waals surface area contributed by atoms with Crippen LogP contribution in [0.2, 0.25) is 0 Å². The quantitative estimate of drug-likeness (QED) is 0.778. The Hall–Kier alpha value is -0.740. The van der Waals surface area contributed by atoms with Crippen LogP contribution in [0.4, 0.5) is 0 Å². The van der Waals surface area contributed by atoms with Crippen LogP contribution in [0.5, 0.6) is 0 Å². The lowest BCUT2D eigenvalue weighted by Gasteiger charge is -2.10. The highest BCUT2D eigenvalue weighted by Gasteiger charge is 2.28. The highest BCUT2D eigenvalue weighted by atomic mass is 79.9. The number of hydrogen-bond donors (Lipinski definition) is 0. The molecule has 0 radical (unpaired) electrons. The number of thioether (sulfide) groups is 1. The van der Waals surface area contributed by atoms with Crippen molar-refractivity contribution in [1.82, 2.24) is 0 Å². The van der Waals surface area contributed by atoms with Crippen molar-refractivity contribution in [2.24, 2.45) is 0 Å². The van der Waals surface area contributed by atoms with Crippen LogP contribution in [0.3, 0.4) is 0 Å². The Morgan fingerprint density at radius 1 is 1.25 bits per heavy atom. The summed E-state index contributed by atoms with van der Waals surface area (Å²) in [6, 6.07) is 7.96. The van der Waals surface area contributed by atoms with Crippen LogP contribution >= 0.6 is 27.7 Å². The van der Waals surface area contributed by atoms with Crippen LogP contribution in [0.15, 0.2) is 44.8 Å². The summed E-state index contributed by atoms with van der Waals surface area (Å²) in [5.74, 6) is -0.202. The molecule has 0 saturated heterocycles. The molecule has 0 aromatic heterocycles. The number of benzene rings is 1. The Morgan fingerprint density at radius 3 is 2.38 bits per heavy atom. The predicted molar refractivity (Wildman–Crippen MR) is 68.3 cm³/mol. The van der Waals surface area contributed by atoms with Crippen LogP contribution < -0.4 is 0 Å². The van der Waals surface area contributed by atoms with Gasteiger partial charge in [-0.2, -0.15) is 0 Å². The summed E-state index contributed by atoms with van der Waals surface area (Å²) in [7, 11) is 0. The first-order valence-electron chi connectivity index (χ1n) is 4.88. The molecule has 1 aliphatic heterocycles. The molecule has 2 nitrogen and oxygen atoms in total. The lowest BCUT2D eigenvalue weighted by Crippen LogP contribution is -2.05. The van der Waals surface area contributed by atoms with Gasteiger partial charge < -0.3 is 4.74 Å². The summed E-state index contributed by atoms with van der Waals surface area (Å²) in [4.78, 5) is 12.4. The van der Waals surface area contributed by atoms with E-state index >= 15 is 0 Å². The minimum atomic E-state index is -0.202. The zero-order valence-electron chi connectivity index (χ0n) is 8.99. The van der Waals surface area contributed by atoms with Gasteiger partial charge in [-0.3, -0.25) is 0 Å². The van der Waals surface area contributed by atoms with Gasteiger partial charge in [-0.25, -0.2) is 4.79 Å². The van der Waals surface area contributed by atoms with Gasteiger partial charge in [0.25, 0.3) is 0 Å². The van der Waals surface area contributed by atoms with E-state index in [1.807, 2.05) is 31.2 Å². The van der Waals surface area contributed by atoms with Crippen molar-refractivity contribution in [2.45, 2.75) is 24.2 Å². The molecule has 1 heterocycles. The minimum Gasteiger partial charge on any atom is -0.443 e. The van der Waals surface area contributed by atoms with Gasteiger partial charge in [0.05, 0.1) is 0 Å². The van der Waals surface area contributed by atoms with E-state index < -0.39 is 0 Å². The molecule has 1 unspecified atom stereocenters. The molecule has 0 bridgehead atoms. The third-order valence-corrected chi connectivity index (χ3v) is 4.26. The number of carbonyl (C=O) groups is 1. The van der Waals surface area contributed by atoms with Crippen LogP contribution in [0.1, 0.15) is 13.8 Å². The first-order valence-corrected chi connectivity index (χ1v) is 6.56. The van der Waals surface area contributed by atoms with E-state index in [0.717, 1.165) is 20.5 Å². The molecule has 1 aromatic rings. The van der Waals surface area contributed by atoms with E-state index in [-0.39, 0.29) is 11.4 Å². The van der Waals surface area contributed by atoms with Crippen molar-refractivity contribution in [1.29, 1.82) is 0 Å². The molecule has 1 aromatic carbocycles. The molecule has 84 valence electrons. The summed E-state index contributed by atoms with van der Waals surface area (Å²) < 4.78 is 6.30. The smallest absolute Gasteiger partial charge is 0.335 e. The van der Waals surface area contributed by atoms with E-state index in [2.05, 4.69) is 15.9 Å². The van der Waals surface area contributed by atoms with Gasteiger partial charge in [0.15, 0.2) is 5.44 Å². The monoisotopic (exact) mass is 298 g/mol. The number of rotatable bonds is 2. The van der Waals surface area contributed by atoms with Gasteiger partial charge in [-0.15, -0.1) is 0 Å². The molecular weight excluding hydrogens is 288 g/mol. The second-order valence-electron chi connectivity index (χ2n) is 3.62. The molecule has 4 heteroatoms. The molecule has 0 fully saturated rings. The zero-order valence-corrected chi connectivity index (χ0v) is 11.4. The van der Waals surface area contributed by atoms with E-state index in [1.54, 1.807) is 18.7 Å². The first-order chi connectivity index (χ1) is 7.58. The van der Waals surface area contributed by atoms with Gasteiger partial charge >= 0.3 is 5.97 Å². The van der Waals surface area contributed by atoms with Crippen molar-refractivity contribution in [3.05, 3.63) is 39.9 Å². The zero-order chi connectivity index (χ0) is 11.7. The molecule has 0 saturated carbocycles. The van der Waals surface area contributed by atoms with Gasteiger partial charge in [0.2, 0.25) is 0 Å². The minimum absolute atomic E-state index is 0.173. The van der Waals surface area contributed by atoms with Crippen LogP contribution in [0, 0.1) is 0 Å². The number of esters is 1. The molecule has 2 rings (SSSR count). The van der Waals surface area contributed by atoms with Gasteiger partial charge in [0, 0.05) is 14.9 Å². The van der Waals surface area contributed by atoms with Gasteiger partial charge in [-0.05, 0) is 43.7 Å². The lowest BCUT2D eigenvalue weighted by molar-refractivity contribution is -0.136. The Bertz CT molecular complexity index is 451. The van der Waals surface area contributed by atoms with E-state index in [9.17, 15) is 4.79 Å². The van der Waals surface area contributed by atoms with Crippen molar-refractivity contribution in [3.8, 4) is 0 Å². The molecule has 0 spiro atoms. The summed E-state index contributed by atoms with van der Waals surface area (Å²) in [6.45, 7) is 3.75. The van der Waals surface area contributed by atoms with E-state index in [4.69, 9.17) is 4.74 Å². The third kappa shape index (κ3) is 2.33. The number of carbonyl (C=O) groups excluding carboxylic acids is 1. The lowest BCUT2D eigenvalue weighted by atomic mass is 10.2. The topological polar surface area (TPSA) is 26.3 Å². The third-order valence-electron chi connectivity index (χ3n) is 2.52. The highest BCUT2D eigenvalue weighted by Crippen LogP contribution is 2.35.